The molecule has 0 amide bonds. The first-order valence-electron chi connectivity index (χ1n) is 2.96. The summed E-state index contributed by atoms with van der Waals surface area (Å²) in [6, 6.07) is 0. The number of aryl methyl sites for hydroxylation is 1. The number of carbonyl (C=O) groups is 1. The first-order valence-corrected chi connectivity index (χ1v) is 2.96. The van der Waals surface area contributed by atoms with E-state index >= 15 is 0 Å². The van der Waals surface area contributed by atoms with Crippen molar-refractivity contribution in [1.29, 1.82) is 0 Å². The molecule has 0 aliphatic carbocycles. The molecular formula is C7H8N2O. The van der Waals surface area contributed by atoms with Gasteiger partial charge in [-0.3, -0.25) is 4.79 Å². The number of rotatable bonds is 2. The molecular weight excluding hydrogens is 128 g/mol. The Balaban J connectivity index is 2.83. The van der Waals surface area contributed by atoms with Gasteiger partial charge in [0.25, 0.3) is 0 Å². The lowest BCUT2D eigenvalue weighted by Crippen LogP contribution is -1.75. The van der Waals surface area contributed by atoms with E-state index in [2.05, 4.69) is 9.97 Å². The molecule has 0 saturated heterocycles. The van der Waals surface area contributed by atoms with Gasteiger partial charge in [0, 0.05) is 5.69 Å². The van der Waals surface area contributed by atoms with Crippen LogP contribution < -0.4 is 0 Å². The minimum absolute atomic E-state index is 0.730. The second-order valence-corrected chi connectivity index (χ2v) is 1.91. The highest BCUT2D eigenvalue weighted by atomic mass is 16.1. The van der Waals surface area contributed by atoms with Crippen molar-refractivity contribution < 1.29 is 4.79 Å². The van der Waals surface area contributed by atoms with E-state index in [-0.39, 0.29) is 0 Å². The minimum atomic E-state index is 0.730. The average molecular weight is 136 g/mol. The Morgan fingerprint density at radius 2 is 2.50 bits per heavy atom. The van der Waals surface area contributed by atoms with Gasteiger partial charge < -0.3 is 4.98 Å². The minimum Gasteiger partial charge on any atom is -0.348 e. The molecule has 0 aliphatic rings. The van der Waals surface area contributed by atoms with Crippen LogP contribution in [0.3, 0.4) is 0 Å². The Morgan fingerprint density at radius 1 is 1.70 bits per heavy atom. The van der Waals surface area contributed by atoms with Gasteiger partial charge in [-0.2, -0.15) is 0 Å². The molecule has 1 N–H and O–H groups in total. The van der Waals surface area contributed by atoms with Crippen molar-refractivity contribution in [3.05, 3.63) is 23.8 Å². The van der Waals surface area contributed by atoms with Gasteiger partial charge >= 0.3 is 0 Å². The maximum Gasteiger partial charge on any atom is 0.142 e. The third-order valence-corrected chi connectivity index (χ3v) is 1.20. The van der Waals surface area contributed by atoms with Gasteiger partial charge in [0.2, 0.25) is 0 Å². The second-order valence-electron chi connectivity index (χ2n) is 1.91. The van der Waals surface area contributed by atoms with Crippen LogP contribution >= 0.6 is 0 Å². The monoisotopic (exact) mass is 136 g/mol. The Morgan fingerprint density at radius 3 is 3.00 bits per heavy atom. The van der Waals surface area contributed by atoms with Gasteiger partial charge in [-0.05, 0) is 19.1 Å². The zero-order chi connectivity index (χ0) is 7.40. The molecule has 0 atom stereocenters. The number of aromatic nitrogens is 2. The summed E-state index contributed by atoms with van der Waals surface area (Å²) in [6.07, 6.45) is 5.41. The summed E-state index contributed by atoms with van der Waals surface area (Å²) in [6.45, 7) is 1.90. The molecule has 1 aromatic heterocycles. The molecule has 0 radical (unpaired) electrons. The van der Waals surface area contributed by atoms with Crippen molar-refractivity contribution in [2.75, 3.05) is 0 Å². The Hall–Kier alpha value is -1.38. The first-order chi connectivity index (χ1) is 4.84. The molecule has 3 heteroatoms. The standard InChI is InChI=1S/C7H8N2O/c1-6-7(3-2-4-10)9-5-8-6/h2-5H,1H3,(H,8,9)/b3-2+. The van der Waals surface area contributed by atoms with E-state index in [0.717, 1.165) is 17.7 Å². The fraction of sp³-hybridized carbons (Fsp3) is 0.143. The topological polar surface area (TPSA) is 45.8 Å². The zero-order valence-corrected chi connectivity index (χ0v) is 5.66. The number of allylic oxidation sites excluding steroid dienone is 1. The van der Waals surface area contributed by atoms with Crippen LogP contribution in [0.25, 0.3) is 6.08 Å². The van der Waals surface area contributed by atoms with E-state index < -0.39 is 0 Å². The maximum atomic E-state index is 9.89. The number of nitrogens with one attached hydrogen (secondary N) is 1. The average Bonchev–Trinajstić information content (AvgIpc) is 2.31. The lowest BCUT2D eigenvalue weighted by molar-refractivity contribution is -0.104. The predicted molar refractivity (Wildman–Crippen MR) is 38.4 cm³/mol. The number of hydrogen-bond acceptors (Lipinski definition) is 2. The Bertz CT molecular complexity index is 250. The quantitative estimate of drug-likeness (QED) is 0.485. The summed E-state index contributed by atoms with van der Waals surface area (Å²) < 4.78 is 0. The van der Waals surface area contributed by atoms with Crippen LogP contribution in [0.4, 0.5) is 0 Å². The number of aldehydes is 1. The van der Waals surface area contributed by atoms with E-state index in [1.54, 1.807) is 12.4 Å². The van der Waals surface area contributed by atoms with Gasteiger partial charge in [0.1, 0.15) is 6.29 Å². The molecule has 10 heavy (non-hydrogen) atoms. The lowest BCUT2D eigenvalue weighted by atomic mass is 10.3. The van der Waals surface area contributed by atoms with Crippen LogP contribution in [0, 0.1) is 6.92 Å². The van der Waals surface area contributed by atoms with Crippen LogP contribution in [-0.4, -0.2) is 16.3 Å². The Kier molecular flexibility index (Phi) is 1.99. The molecule has 0 unspecified atom stereocenters. The SMILES string of the molecule is Cc1[nH]cnc1/C=C/C=O. The van der Waals surface area contributed by atoms with E-state index in [1.165, 1.54) is 6.08 Å². The van der Waals surface area contributed by atoms with Crippen molar-refractivity contribution >= 4 is 12.4 Å². The molecule has 0 fully saturated rings. The fourth-order valence-electron chi connectivity index (χ4n) is 0.668. The van der Waals surface area contributed by atoms with Crippen molar-refractivity contribution in [2.24, 2.45) is 0 Å². The highest BCUT2D eigenvalue weighted by Crippen LogP contribution is 2.01. The lowest BCUT2D eigenvalue weighted by Gasteiger charge is -1.83. The van der Waals surface area contributed by atoms with Crippen LogP contribution in [0.1, 0.15) is 11.4 Å². The number of hydrogen-bond donors (Lipinski definition) is 1. The zero-order valence-electron chi connectivity index (χ0n) is 5.66. The maximum absolute atomic E-state index is 9.89. The van der Waals surface area contributed by atoms with Gasteiger partial charge in [-0.15, -0.1) is 0 Å². The van der Waals surface area contributed by atoms with Gasteiger partial charge in [0.15, 0.2) is 0 Å². The molecule has 0 saturated carbocycles. The highest BCUT2D eigenvalue weighted by Gasteiger charge is 1.92. The van der Waals surface area contributed by atoms with E-state index in [4.69, 9.17) is 0 Å². The highest BCUT2D eigenvalue weighted by molar-refractivity contribution is 5.73. The van der Waals surface area contributed by atoms with E-state index in [0.29, 0.717) is 0 Å². The molecule has 0 aliphatic heterocycles. The van der Waals surface area contributed by atoms with Crippen LogP contribution in [0.5, 0.6) is 0 Å². The molecule has 52 valence electrons. The van der Waals surface area contributed by atoms with E-state index in [9.17, 15) is 4.79 Å². The summed E-state index contributed by atoms with van der Waals surface area (Å²) in [5, 5.41) is 0. The van der Waals surface area contributed by atoms with Gasteiger partial charge in [0.05, 0.1) is 12.0 Å². The molecule has 1 aromatic rings. The molecule has 0 spiro atoms. The number of H-pyrrole nitrogens is 1. The van der Waals surface area contributed by atoms with Gasteiger partial charge in [-0.25, -0.2) is 4.98 Å². The first kappa shape index (κ1) is 6.74. The van der Waals surface area contributed by atoms with Crippen molar-refractivity contribution in [1.82, 2.24) is 9.97 Å². The smallest absolute Gasteiger partial charge is 0.142 e. The molecule has 3 nitrogen and oxygen atoms in total. The molecule has 1 heterocycles. The van der Waals surface area contributed by atoms with Crippen molar-refractivity contribution in [3.63, 3.8) is 0 Å². The van der Waals surface area contributed by atoms with Crippen LogP contribution in [0.2, 0.25) is 0 Å². The number of nitrogens with zero attached hydrogens (tertiary/aromatic N) is 1. The third-order valence-electron chi connectivity index (χ3n) is 1.20. The largest absolute Gasteiger partial charge is 0.348 e. The summed E-state index contributed by atoms with van der Waals surface area (Å²) in [4.78, 5) is 16.7. The number of imidazole rings is 1. The summed E-state index contributed by atoms with van der Waals surface area (Å²) >= 11 is 0. The second kappa shape index (κ2) is 2.96. The van der Waals surface area contributed by atoms with Crippen molar-refractivity contribution in [2.45, 2.75) is 6.92 Å². The Labute approximate surface area is 58.8 Å². The summed E-state index contributed by atoms with van der Waals surface area (Å²) in [7, 11) is 0. The molecule has 0 aromatic carbocycles. The number of carbonyl (C=O) groups excluding carboxylic acids is 1. The normalized spacial score (nSPS) is 10.5. The van der Waals surface area contributed by atoms with Crippen LogP contribution in [0.15, 0.2) is 12.4 Å². The molecule has 1 rings (SSSR count). The van der Waals surface area contributed by atoms with Gasteiger partial charge in [-0.1, -0.05) is 0 Å². The van der Waals surface area contributed by atoms with E-state index in [1.807, 2.05) is 6.92 Å². The number of aromatic amines is 1. The van der Waals surface area contributed by atoms with Crippen molar-refractivity contribution in [3.8, 4) is 0 Å². The fourth-order valence-corrected chi connectivity index (χ4v) is 0.668. The van der Waals surface area contributed by atoms with Crippen LogP contribution in [-0.2, 0) is 4.79 Å². The molecule has 0 bridgehead atoms. The summed E-state index contributed by atoms with van der Waals surface area (Å²) in [5.74, 6) is 0. The summed E-state index contributed by atoms with van der Waals surface area (Å²) in [5.41, 5.74) is 1.78. The third kappa shape index (κ3) is 1.31. The predicted octanol–water partition coefficient (Wildman–Crippen LogP) is 0.930.